The van der Waals surface area contributed by atoms with Crippen molar-refractivity contribution in [3.05, 3.63) is 50.3 Å². The van der Waals surface area contributed by atoms with Crippen molar-refractivity contribution in [2.75, 3.05) is 5.43 Å². The van der Waals surface area contributed by atoms with E-state index in [1.165, 1.54) is 23.2 Å². The second-order valence-corrected chi connectivity index (χ2v) is 4.80. The quantitative estimate of drug-likeness (QED) is 0.522. The first-order valence-corrected chi connectivity index (χ1v) is 5.93. The van der Waals surface area contributed by atoms with Crippen LogP contribution >= 0.6 is 11.3 Å². The van der Waals surface area contributed by atoms with E-state index in [4.69, 9.17) is 0 Å². The predicted octanol–water partition coefficient (Wildman–Crippen LogP) is 2.81. The summed E-state index contributed by atoms with van der Waals surface area (Å²) in [5.41, 5.74) is 2.67. The summed E-state index contributed by atoms with van der Waals surface area (Å²) in [5.74, 6) is 0.463. The van der Waals surface area contributed by atoms with E-state index in [1.807, 2.05) is 19.1 Å². The van der Waals surface area contributed by atoms with Crippen LogP contribution in [0.15, 0.2) is 35.6 Å². The lowest BCUT2D eigenvalue weighted by Crippen LogP contribution is -1.94. The van der Waals surface area contributed by atoms with Crippen molar-refractivity contribution in [2.24, 2.45) is 5.10 Å². The van der Waals surface area contributed by atoms with E-state index in [-0.39, 0.29) is 5.69 Å². The minimum absolute atomic E-state index is 0.0431. The molecule has 1 N–H and O–H groups in total. The first-order chi connectivity index (χ1) is 8.65. The van der Waals surface area contributed by atoms with Gasteiger partial charge in [0, 0.05) is 15.8 Å². The SMILES string of the molecule is Cc1ccc(/C=N/Nc2ccc([N+](=O)[O-])cn2)s1. The van der Waals surface area contributed by atoms with Gasteiger partial charge < -0.3 is 0 Å². The predicted molar refractivity (Wildman–Crippen MR) is 71.2 cm³/mol. The standard InChI is InChI=1S/C11H10N4O2S/c1-8-2-4-10(18-8)7-13-14-11-5-3-9(6-12-11)15(16)17/h2-7H,1H3,(H,12,14)/b13-7+. The number of hydrogen-bond acceptors (Lipinski definition) is 6. The Balaban J connectivity index is 1.98. The smallest absolute Gasteiger partial charge is 0.261 e. The molecule has 0 atom stereocenters. The average Bonchev–Trinajstić information content (AvgIpc) is 2.76. The van der Waals surface area contributed by atoms with E-state index in [2.05, 4.69) is 15.5 Å². The second-order valence-electron chi connectivity index (χ2n) is 3.48. The van der Waals surface area contributed by atoms with Crippen LogP contribution < -0.4 is 5.43 Å². The number of anilines is 1. The van der Waals surface area contributed by atoms with Crippen LogP contribution in [-0.4, -0.2) is 16.1 Å². The van der Waals surface area contributed by atoms with Crippen LogP contribution in [0.25, 0.3) is 0 Å². The monoisotopic (exact) mass is 262 g/mol. The molecule has 0 fully saturated rings. The Kier molecular flexibility index (Phi) is 3.63. The molecule has 0 aliphatic heterocycles. The number of hydrazone groups is 1. The number of aromatic nitrogens is 1. The summed E-state index contributed by atoms with van der Waals surface area (Å²) in [5, 5.41) is 14.4. The third-order valence-electron chi connectivity index (χ3n) is 2.09. The Hall–Kier alpha value is -2.28. The molecule has 0 saturated heterocycles. The van der Waals surface area contributed by atoms with Crippen LogP contribution in [-0.2, 0) is 0 Å². The maximum atomic E-state index is 10.4. The highest BCUT2D eigenvalue weighted by atomic mass is 32.1. The molecule has 2 aromatic heterocycles. The van der Waals surface area contributed by atoms with Gasteiger partial charge in [0.1, 0.15) is 12.0 Å². The molecule has 0 amide bonds. The van der Waals surface area contributed by atoms with E-state index < -0.39 is 4.92 Å². The van der Waals surface area contributed by atoms with Crippen LogP contribution in [0, 0.1) is 17.0 Å². The fourth-order valence-corrected chi connectivity index (χ4v) is 1.99. The maximum Gasteiger partial charge on any atom is 0.287 e. The molecular formula is C11H10N4O2S. The third kappa shape index (κ3) is 3.11. The highest BCUT2D eigenvalue weighted by Crippen LogP contribution is 2.13. The Morgan fingerprint density at radius 1 is 1.44 bits per heavy atom. The van der Waals surface area contributed by atoms with Gasteiger partial charge in [0.15, 0.2) is 0 Å². The summed E-state index contributed by atoms with van der Waals surface area (Å²) in [7, 11) is 0. The first kappa shape index (κ1) is 12.2. The summed E-state index contributed by atoms with van der Waals surface area (Å²) >= 11 is 1.63. The molecule has 0 saturated carbocycles. The van der Waals surface area contributed by atoms with Crippen LogP contribution in [0.1, 0.15) is 9.75 Å². The number of pyridine rings is 1. The normalized spacial score (nSPS) is 10.7. The zero-order chi connectivity index (χ0) is 13.0. The van der Waals surface area contributed by atoms with E-state index >= 15 is 0 Å². The van der Waals surface area contributed by atoms with Crippen molar-refractivity contribution < 1.29 is 4.92 Å². The maximum absolute atomic E-state index is 10.4. The third-order valence-corrected chi connectivity index (χ3v) is 3.03. The van der Waals surface area contributed by atoms with Gasteiger partial charge in [0.25, 0.3) is 5.69 Å². The van der Waals surface area contributed by atoms with E-state index in [0.717, 1.165) is 4.88 Å². The summed E-state index contributed by atoms with van der Waals surface area (Å²) in [6.45, 7) is 2.02. The number of nitrogens with one attached hydrogen (secondary N) is 1. The number of rotatable bonds is 4. The van der Waals surface area contributed by atoms with Gasteiger partial charge in [-0.1, -0.05) is 0 Å². The zero-order valence-electron chi connectivity index (χ0n) is 9.53. The summed E-state index contributed by atoms with van der Waals surface area (Å²) in [6, 6.07) is 6.86. The Bertz CT molecular complexity index is 577. The van der Waals surface area contributed by atoms with Gasteiger partial charge in [0.05, 0.1) is 11.1 Å². The Morgan fingerprint density at radius 3 is 2.83 bits per heavy atom. The zero-order valence-corrected chi connectivity index (χ0v) is 10.3. The fraction of sp³-hybridized carbons (Fsp3) is 0.0909. The summed E-state index contributed by atoms with van der Waals surface area (Å²) in [4.78, 5) is 16.1. The van der Waals surface area contributed by atoms with Crippen LogP contribution in [0.3, 0.4) is 0 Å². The van der Waals surface area contributed by atoms with Gasteiger partial charge in [-0.15, -0.1) is 11.3 Å². The number of thiophene rings is 1. The molecule has 92 valence electrons. The largest absolute Gasteiger partial charge is 0.287 e. The molecule has 18 heavy (non-hydrogen) atoms. The lowest BCUT2D eigenvalue weighted by molar-refractivity contribution is -0.385. The van der Waals surface area contributed by atoms with Gasteiger partial charge in [-0.25, -0.2) is 4.98 Å². The Morgan fingerprint density at radius 2 is 2.28 bits per heavy atom. The molecular weight excluding hydrogens is 252 g/mol. The van der Waals surface area contributed by atoms with Crippen molar-refractivity contribution in [3.63, 3.8) is 0 Å². The van der Waals surface area contributed by atoms with Crippen molar-refractivity contribution >= 4 is 29.1 Å². The molecule has 0 aliphatic carbocycles. The lowest BCUT2D eigenvalue weighted by atomic mass is 10.4. The molecule has 0 unspecified atom stereocenters. The highest BCUT2D eigenvalue weighted by molar-refractivity contribution is 7.13. The molecule has 0 bridgehead atoms. The number of aryl methyl sites for hydroxylation is 1. The number of nitro groups is 1. The van der Waals surface area contributed by atoms with E-state index in [9.17, 15) is 10.1 Å². The summed E-state index contributed by atoms with van der Waals surface area (Å²) < 4.78 is 0. The minimum Gasteiger partial charge on any atom is -0.261 e. The molecule has 2 heterocycles. The van der Waals surface area contributed by atoms with E-state index in [1.54, 1.807) is 17.6 Å². The fourth-order valence-electron chi connectivity index (χ4n) is 1.25. The second kappa shape index (κ2) is 5.37. The van der Waals surface area contributed by atoms with Gasteiger partial charge >= 0.3 is 0 Å². The molecule has 2 rings (SSSR count). The molecule has 0 aromatic carbocycles. The molecule has 0 radical (unpaired) electrons. The van der Waals surface area contributed by atoms with Crippen molar-refractivity contribution in [1.29, 1.82) is 0 Å². The average molecular weight is 262 g/mol. The summed E-state index contributed by atoms with van der Waals surface area (Å²) in [6.07, 6.45) is 2.87. The molecule has 2 aromatic rings. The van der Waals surface area contributed by atoms with Crippen molar-refractivity contribution in [2.45, 2.75) is 6.92 Å². The van der Waals surface area contributed by atoms with Crippen LogP contribution in [0.4, 0.5) is 11.5 Å². The van der Waals surface area contributed by atoms with Crippen LogP contribution in [0.5, 0.6) is 0 Å². The number of hydrogen-bond donors (Lipinski definition) is 1. The minimum atomic E-state index is -0.492. The van der Waals surface area contributed by atoms with Crippen molar-refractivity contribution in [3.8, 4) is 0 Å². The topological polar surface area (TPSA) is 80.4 Å². The lowest BCUT2D eigenvalue weighted by Gasteiger charge is -1.97. The highest BCUT2D eigenvalue weighted by Gasteiger charge is 2.04. The Labute approximate surface area is 107 Å². The molecule has 6 nitrogen and oxygen atoms in total. The van der Waals surface area contributed by atoms with Crippen LogP contribution in [0.2, 0.25) is 0 Å². The number of nitrogens with zero attached hydrogens (tertiary/aromatic N) is 3. The van der Waals surface area contributed by atoms with Gasteiger partial charge in [-0.2, -0.15) is 5.10 Å². The van der Waals surface area contributed by atoms with Crippen molar-refractivity contribution in [1.82, 2.24) is 4.98 Å². The van der Waals surface area contributed by atoms with Gasteiger partial charge in [0.2, 0.25) is 0 Å². The molecule has 7 heteroatoms. The first-order valence-electron chi connectivity index (χ1n) is 5.11. The van der Waals surface area contributed by atoms with E-state index in [0.29, 0.717) is 5.82 Å². The van der Waals surface area contributed by atoms with Gasteiger partial charge in [-0.05, 0) is 25.1 Å². The molecule has 0 aliphatic rings. The molecule has 0 spiro atoms. The van der Waals surface area contributed by atoms with Gasteiger partial charge in [-0.3, -0.25) is 15.5 Å².